The second-order valence-electron chi connectivity index (χ2n) is 3.47. The normalized spacial score (nSPS) is 10.2. The quantitative estimate of drug-likeness (QED) is 0.893. The molecule has 2 aromatic heterocycles. The zero-order valence-electron chi connectivity index (χ0n) is 9.20. The van der Waals surface area contributed by atoms with Gasteiger partial charge in [0.1, 0.15) is 12.4 Å². The number of hydrogen-bond donors (Lipinski definition) is 1. The Morgan fingerprint density at radius 3 is 3.00 bits per heavy atom. The summed E-state index contributed by atoms with van der Waals surface area (Å²) in [5.41, 5.74) is 0. The number of carboxylic acids is 1. The van der Waals surface area contributed by atoms with E-state index in [0.717, 1.165) is 4.88 Å². The number of carboxylic acid groups (broad SMARTS) is 1. The highest BCUT2D eigenvalue weighted by molar-refractivity contribution is 7.13. The van der Waals surface area contributed by atoms with Crippen molar-refractivity contribution in [3.05, 3.63) is 29.8 Å². The van der Waals surface area contributed by atoms with Gasteiger partial charge in [-0.25, -0.2) is 9.97 Å². The molecule has 0 aliphatic rings. The number of rotatable bonds is 4. The standard InChI is InChI=1S/C11H11N3O2S/c1-14(7-10(15)16)9-4-5-12-11(13-9)8-3-2-6-17-8/h2-6H,7H2,1H3,(H,15,16). The molecule has 17 heavy (non-hydrogen) atoms. The maximum absolute atomic E-state index is 10.6. The van der Waals surface area contributed by atoms with Gasteiger partial charge in [-0.3, -0.25) is 4.79 Å². The number of likely N-dealkylation sites (N-methyl/N-ethyl adjacent to an activating group) is 1. The van der Waals surface area contributed by atoms with Crippen LogP contribution in [0.25, 0.3) is 10.7 Å². The molecule has 0 spiro atoms. The van der Waals surface area contributed by atoms with Crippen molar-refractivity contribution in [3.63, 3.8) is 0 Å². The van der Waals surface area contributed by atoms with Gasteiger partial charge in [-0.2, -0.15) is 0 Å². The molecule has 1 N–H and O–H groups in total. The lowest BCUT2D eigenvalue weighted by Crippen LogP contribution is -2.26. The van der Waals surface area contributed by atoms with E-state index in [1.165, 1.54) is 0 Å². The van der Waals surface area contributed by atoms with Crippen molar-refractivity contribution in [1.82, 2.24) is 9.97 Å². The minimum Gasteiger partial charge on any atom is -0.480 e. The van der Waals surface area contributed by atoms with E-state index in [-0.39, 0.29) is 6.54 Å². The van der Waals surface area contributed by atoms with Gasteiger partial charge in [0.15, 0.2) is 5.82 Å². The second-order valence-corrected chi connectivity index (χ2v) is 4.41. The van der Waals surface area contributed by atoms with Crippen molar-refractivity contribution in [2.75, 3.05) is 18.5 Å². The summed E-state index contributed by atoms with van der Waals surface area (Å²) in [6, 6.07) is 5.55. The predicted octanol–water partition coefficient (Wildman–Crippen LogP) is 1.73. The van der Waals surface area contributed by atoms with E-state index >= 15 is 0 Å². The minimum absolute atomic E-state index is 0.0824. The van der Waals surface area contributed by atoms with Crippen LogP contribution >= 0.6 is 11.3 Å². The molecule has 2 aromatic rings. The van der Waals surface area contributed by atoms with Crippen LogP contribution in [0.1, 0.15) is 0 Å². The predicted molar refractivity (Wildman–Crippen MR) is 66.3 cm³/mol. The fourth-order valence-corrected chi connectivity index (χ4v) is 2.03. The molecule has 0 saturated carbocycles. The maximum Gasteiger partial charge on any atom is 0.323 e. The number of thiophene rings is 1. The molecule has 5 nitrogen and oxygen atoms in total. The van der Waals surface area contributed by atoms with Gasteiger partial charge in [-0.05, 0) is 17.5 Å². The lowest BCUT2D eigenvalue weighted by atomic mass is 10.4. The Labute approximate surface area is 102 Å². The molecule has 0 saturated heterocycles. The van der Waals surface area contributed by atoms with Gasteiger partial charge in [-0.15, -0.1) is 11.3 Å². The fraction of sp³-hybridized carbons (Fsp3) is 0.182. The van der Waals surface area contributed by atoms with Crippen LogP contribution in [-0.4, -0.2) is 34.6 Å². The lowest BCUT2D eigenvalue weighted by molar-refractivity contribution is -0.135. The maximum atomic E-state index is 10.6. The van der Waals surface area contributed by atoms with Crippen molar-refractivity contribution >= 4 is 23.1 Å². The number of anilines is 1. The Hall–Kier alpha value is -1.95. The van der Waals surface area contributed by atoms with Crippen LogP contribution in [0.3, 0.4) is 0 Å². The van der Waals surface area contributed by atoms with Crippen molar-refractivity contribution in [1.29, 1.82) is 0 Å². The molecule has 0 fully saturated rings. The van der Waals surface area contributed by atoms with Gasteiger partial charge < -0.3 is 10.0 Å². The van der Waals surface area contributed by atoms with Crippen LogP contribution in [0.5, 0.6) is 0 Å². The van der Waals surface area contributed by atoms with E-state index in [1.807, 2.05) is 17.5 Å². The van der Waals surface area contributed by atoms with Crippen LogP contribution < -0.4 is 4.90 Å². The SMILES string of the molecule is CN(CC(=O)O)c1ccnc(-c2cccs2)n1. The highest BCUT2D eigenvalue weighted by atomic mass is 32.1. The number of nitrogens with zero attached hydrogens (tertiary/aromatic N) is 3. The molecule has 6 heteroatoms. The largest absolute Gasteiger partial charge is 0.480 e. The number of aromatic nitrogens is 2. The monoisotopic (exact) mass is 249 g/mol. The third kappa shape index (κ3) is 2.79. The molecule has 0 aromatic carbocycles. The van der Waals surface area contributed by atoms with E-state index in [1.54, 1.807) is 35.5 Å². The molecule has 2 heterocycles. The van der Waals surface area contributed by atoms with E-state index in [0.29, 0.717) is 11.6 Å². The van der Waals surface area contributed by atoms with Crippen molar-refractivity contribution in [2.45, 2.75) is 0 Å². The van der Waals surface area contributed by atoms with E-state index in [9.17, 15) is 4.79 Å². The summed E-state index contributed by atoms with van der Waals surface area (Å²) in [4.78, 5) is 21.7. The van der Waals surface area contributed by atoms with E-state index in [4.69, 9.17) is 5.11 Å². The highest BCUT2D eigenvalue weighted by Crippen LogP contribution is 2.22. The average molecular weight is 249 g/mol. The van der Waals surface area contributed by atoms with E-state index in [2.05, 4.69) is 9.97 Å². The van der Waals surface area contributed by atoms with Gasteiger partial charge in [0, 0.05) is 13.2 Å². The van der Waals surface area contributed by atoms with Crippen molar-refractivity contribution in [2.24, 2.45) is 0 Å². The fourth-order valence-electron chi connectivity index (χ4n) is 1.37. The summed E-state index contributed by atoms with van der Waals surface area (Å²) in [6.07, 6.45) is 1.63. The Morgan fingerprint density at radius 1 is 1.53 bits per heavy atom. The zero-order chi connectivity index (χ0) is 12.3. The van der Waals surface area contributed by atoms with Crippen LogP contribution in [0.4, 0.5) is 5.82 Å². The molecular weight excluding hydrogens is 238 g/mol. The summed E-state index contributed by atoms with van der Waals surface area (Å²) in [5.74, 6) is 0.337. The van der Waals surface area contributed by atoms with Crippen molar-refractivity contribution < 1.29 is 9.90 Å². The summed E-state index contributed by atoms with van der Waals surface area (Å²) < 4.78 is 0. The first kappa shape index (κ1) is 11.5. The number of carbonyl (C=O) groups is 1. The van der Waals surface area contributed by atoms with Crippen LogP contribution in [0.2, 0.25) is 0 Å². The van der Waals surface area contributed by atoms with E-state index < -0.39 is 5.97 Å². The molecule has 2 rings (SSSR count). The Balaban J connectivity index is 2.25. The Kier molecular flexibility index (Phi) is 3.34. The summed E-state index contributed by atoms with van der Waals surface area (Å²) in [7, 11) is 1.69. The molecule has 88 valence electrons. The summed E-state index contributed by atoms with van der Waals surface area (Å²) >= 11 is 1.55. The molecule has 0 bridgehead atoms. The zero-order valence-corrected chi connectivity index (χ0v) is 10.0. The van der Waals surface area contributed by atoms with Gasteiger partial charge in [-0.1, -0.05) is 6.07 Å². The lowest BCUT2D eigenvalue weighted by Gasteiger charge is -2.15. The Morgan fingerprint density at radius 2 is 2.35 bits per heavy atom. The third-order valence-corrected chi connectivity index (χ3v) is 3.01. The smallest absolute Gasteiger partial charge is 0.323 e. The minimum atomic E-state index is -0.885. The molecule has 0 atom stereocenters. The van der Waals surface area contributed by atoms with Gasteiger partial charge in [0.2, 0.25) is 0 Å². The average Bonchev–Trinajstić information content (AvgIpc) is 2.82. The molecular formula is C11H11N3O2S. The second kappa shape index (κ2) is 4.92. The Bertz CT molecular complexity index is 513. The third-order valence-electron chi connectivity index (χ3n) is 2.15. The first-order chi connectivity index (χ1) is 8.16. The summed E-state index contributed by atoms with van der Waals surface area (Å²) in [6.45, 7) is -0.0824. The number of hydrogen-bond acceptors (Lipinski definition) is 5. The molecule has 0 amide bonds. The molecule has 0 aliphatic heterocycles. The highest BCUT2D eigenvalue weighted by Gasteiger charge is 2.09. The summed E-state index contributed by atoms with van der Waals surface area (Å²) in [5, 5.41) is 10.7. The van der Waals surface area contributed by atoms with Crippen LogP contribution in [0, 0.1) is 0 Å². The molecule has 0 aliphatic carbocycles. The number of aliphatic carboxylic acids is 1. The van der Waals surface area contributed by atoms with Gasteiger partial charge >= 0.3 is 5.97 Å². The topological polar surface area (TPSA) is 66.3 Å². The van der Waals surface area contributed by atoms with Gasteiger partial charge in [0.05, 0.1) is 4.88 Å². The molecule has 0 unspecified atom stereocenters. The van der Waals surface area contributed by atoms with Crippen LogP contribution in [-0.2, 0) is 4.79 Å². The van der Waals surface area contributed by atoms with Crippen molar-refractivity contribution in [3.8, 4) is 10.7 Å². The van der Waals surface area contributed by atoms with Gasteiger partial charge in [0.25, 0.3) is 0 Å². The first-order valence-electron chi connectivity index (χ1n) is 4.96. The first-order valence-corrected chi connectivity index (χ1v) is 5.84. The van der Waals surface area contributed by atoms with Crippen LogP contribution in [0.15, 0.2) is 29.8 Å². The molecule has 0 radical (unpaired) electrons.